The Labute approximate surface area is 110 Å². The molecule has 94 valence electrons. The lowest BCUT2D eigenvalue weighted by atomic mass is 10.2. The smallest absolute Gasteiger partial charge is 0.215 e. The van der Waals surface area contributed by atoms with E-state index in [0.29, 0.717) is 26.2 Å². The quantitative estimate of drug-likeness (QED) is 0.891. The second-order valence-corrected chi connectivity index (χ2v) is 6.93. The summed E-state index contributed by atoms with van der Waals surface area (Å²) in [5.41, 5.74) is 0.998. The molecule has 2 rings (SSSR count). The number of benzene rings is 1. The van der Waals surface area contributed by atoms with E-state index in [2.05, 4.69) is 21.2 Å². The number of rotatable bonds is 2. The molecule has 1 aromatic carbocycles. The first kappa shape index (κ1) is 13.0. The molecule has 6 heteroatoms. The van der Waals surface area contributed by atoms with Gasteiger partial charge in [-0.2, -0.15) is 4.31 Å². The van der Waals surface area contributed by atoms with Crippen LogP contribution in [0.1, 0.15) is 5.56 Å². The summed E-state index contributed by atoms with van der Waals surface area (Å²) < 4.78 is 26.5. The summed E-state index contributed by atoms with van der Waals surface area (Å²) in [5.74, 6) is 0.178. The summed E-state index contributed by atoms with van der Waals surface area (Å²) in [4.78, 5) is 0. The van der Waals surface area contributed by atoms with E-state index in [1.54, 1.807) is 4.31 Å². The summed E-state index contributed by atoms with van der Waals surface area (Å²) >= 11 is 3.44. The molecular weight excluding hydrogens is 304 g/mol. The van der Waals surface area contributed by atoms with Crippen LogP contribution in [0.2, 0.25) is 0 Å². The van der Waals surface area contributed by atoms with Gasteiger partial charge in [-0.15, -0.1) is 0 Å². The first-order chi connectivity index (χ1) is 8.09. The van der Waals surface area contributed by atoms with E-state index in [-0.39, 0.29) is 5.75 Å². The molecule has 1 aliphatic rings. The number of hydrogen-bond acceptors (Lipinski definition) is 3. The predicted octanol–water partition coefficient (Wildman–Crippen LogP) is 1.18. The van der Waals surface area contributed by atoms with Gasteiger partial charge in [-0.3, -0.25) is 0 Å². The van der Waals surface area contributed by atoms with Crippen molar-refractivity contribution in [1.82, 2.24) is 9.62 Å². The van der Waals surface area contributed by atoms with Gasteiger partial charge in [0.2, 0.25) is 10.0 Å². The van der Waals surface area contributed by atoms with Gasteiger partial charge in [0, 0.05) is 30.7 Å². The minimum absolute atomic E-state index is 0.178. The molecule has 0 unspecified atom stereocenters. The molecular formula is C11H15BrN2O2S. The monoisotopic (exact) mass is 318 g/mol. The molecule has 17 heavy (non-hydrogen) atoms. The summed E-state index contributed by atoms with van der Waals surface area (Å²) in [6, 6.07) is 7.71. The Morgan fingerprint density at radius 1 is 1.29 bits per heavy atom. The Hall–Kier alpha value is -0.430. The van der Waals surface area contributed by atoms with Gasteiger partial charge >= 0.3 is 0 Å². The molecule has 0 aromatic heterocycles. The largest absolute Gasteiger partial charge is 0.314 e. The first-order valence-electron chi connectivity index (χ1n) is 5.51. The Balaban J connectivity index is 2.19. The lowest BCUT2D eigenvalue weighted by Gasteiger charge is -2.19. The van der Waals surface area contributed by atoms with Crippen LogP contribution in [-0.2, 0) is 16.6 Å². The summed E-state index contributed by atoms with van der Waals surface area (Å²) in [7, 11) is -3.12. The molecule has 0 aliphatic carbocycles. The normalized spacial score (nSPS) is 21.0. The van der Waals surface area contributed by atoms with Crippen molar-refractivity contribution in [3.05, 3.63) is 34.3 Å². The van der Waals surface area contributed by atoms with Crippen molar-refractivity contribution in [2.75, 3.05) is 25.4 Å². The van der Waals surface area contributed by atoms with Crippen LogP contribution in [0.25, 0.3) is 0 Å². The summed E-state index contributed by atoms with van der Waals surface area (Å²) in [6.07, 6.45) is 0. The maximum absolute atomic E-state index is 12.0. The zero-order valence-corrected chi connectivity index (χ0v) is 11.8. The molecule has 0 amide bonds. The van der Waals surface area contributed by atoms with Crippen LogP contribution in [0, 0.1) is 0 Å². The van der Waals surface area contributed by atoms with Gasteiger partial charge in [-0.1, -0.05) is 34.1 Å². The number of nitrogens with one attached hydrogen (secondary N) is 1. The second-order valence-electron chi connectivity index (χ2n) is 3.99. The molecule has 0 bridgehead atoms. The maximum atomic E-state index is 12.0. The third-order valence-corrected chi connectivity index (χ3v) is 5.36. The highest BCUT2D eigenvalue weighted by molar-refractivity contribution is 9.10. The van der Waals surface area contributed by atoms with Crippen LogP contribution < -0.4 is 5.32 Å². The lowest BCUT2D eigenvalue weighted by Crippen LogP contribution is -2.33. The molecule has 1 fully saturated rings. The predicted molar refractivity (Wildman–Crippen MR) is 71.2 cm³/mol. The van der Waals surface area contributed by atoms with E-state index in [4.69, 9.17) is 0 Å². The van der Waals surface area contributed by atoms with Crippen LogP contribution in [0.3, 0.4) is 0 Å². The van der Waals surface area contributed by atoms with Crippen LogP contribution in [0.15, 0.2) is 28.7 Å². The fraction of sp³-hybridized carbons (Fsp3) is 0.455. The van der Waals surface area contributed by atoms with Crippen LogP contribution in [0.5, 0.6) is 0 Å². The topological polar surface area (TPSA) is 49.4 Å². The second kappa shape index (κ2) is 5.48. The van der Waals surface area contributed by atoms with Gasteiger partial charge in [0.15, 0.2) is 0 Å². The molecule has 0 radical (unpaired) electrons. The van der Waals surface area contributed by atoms with E-state index in [0.717, 1.165) is 10.0 Å². The molecule has 1 heterocycles. The van der Waals surface area contributed by atoms with Crippen molar-refractivity contribution in [1.29, 1.82) is 0 Å². The van der Waals surface area contributed by atoms with E-state index >= 15 is 0 Å². The van der Waals surface area contributed by atoms with E-state index in [1.165, 1.54) is 0 Å². The van der Waals surface area contributed by atoms with Crippen molar-refractivity contribution >= 4 is 26.0 Å². The average Bonchev–Trinajstić information content (AvgIpc) is 2.44. The van der Waals surface area contributed by atoms with Crippen molar-refractivity contribution in [2.24, 2.45) is 0 Å². The molecule has 0 saturated carbocycles. The van der Waals surface area contributed by atoms with Crippen molar-refractivity contribution < 1.29 is 8.42 Å². The van der Waals surface area contributed by atoms with Crippen LogP contribution >= 0.6 is 15.9 Å². The molecule has 1 N–H and O–H groups in total. The molecule has 1 saturated heterocycles. The zero-order valence-electron chi connectivity index (χ0n) is 9.39. The van der Waals surface area contributed by atoms with Gasteiger partial charge in [-0.25, -0.2) is 8.42 Å². The fourth-order valence-electron chi connectivity index (χ4n) is 1.79. The highest BCUT2D eigenvalue weighted by Crippen LogP contribution is 2.19. The van der Waals surface area contributed by atoms with Crippen molar-refractivity contribution in [2.45, 2.75) is 6.54 Å². The molecule has 1 aromatic rings. The van der Waals surface area contributed by atoms with Gasteiger partial charge in [0.25, 0.3) is 0 Å². The van der Waals surface area contributed by atoms with Crippen molar-refractivity contribution in [3.8, 4) is 0 Å². The third-order valence-electron chi connectivity index (χ3n) is 2.77. The Morgan fingerprint density at radius 2 is 2.06 bits per heavy atom. The zero-order chi connectivity index (χ0) is 12.3. The average molecular weight is 319 g/mol. The Kier molecular flexibility index (Phi) is 4.19. The highest BCUT2D eigenvalue weighted by Gasteiger charge is 2.24. The van der Waals surface area contributed by atoms with E-state index in [9.17, 15) is 8.42 Å². The third kappa shape index (κ3) is 3.28. The van der Waals surface area contributed by atoms with E-state index in [1.807, 2.05) is 24.3 Å². The van der Waals surface area contributed by atoms with Gasteiger partial charge in [0.05, 0.1) is 5.75 Å². The van der Waals surface area contributed by atoms with Gasteiger partial charge < -0.3 is 5.32 Å². The Bertz CT molecular complexity index is 490. The number of sulfonamides is 1. The number of halogens is 1. The summed E-state index contributed by atoms with van der Waals surface area (Å²) in [5, 5.41) is 3.10. The number of nitrogens with zero attached hydrogens (tertiary/aromatic N) is 1. The highest BCUT2D eigenvalue weighted by atomic mass is 79.9. The minimum atomic E-state index is -3.12. The van der Waals surface area contributed by atoms with Gasteiger partial charge in [-0.05, 0) is 11.6 Å². The fourth-order valence-corrected chi connectivity index (χ4v) is 3.57. The van der Waals surface area contributed by atoms with Gasteiger partial charge in [0.1, 0.15) is 0 Å². The SMILES string of the molecule is O=S1(=O)CCNCCN1Cc1ccccc1Br. The van der Waals surface area contributed by atoms with Crippen LogP contribution in [0.4, 0.5) is 0 Å². The van der Waals surface area contributed by atoms with Crippen LogP contribution in [-0.4, -0.2) is 38.1 Å². The maximum Gasteiger partial charge on any atom is 0.215 e. The molecule has 1 aliphatic heterocycles. The molecule has 0 spiro atoms. The summed E-state index contributed by atoms with van der Waals surface area (Å²) in [6.45, 7) is 2.22. The number of hydrogen-bond donors (Lipinski definition) is 1. The standard InChI is InChI=1S/C11H15BrN2O2S/c12-11-4-2-1-3-10(11)9-14-7-5-13-6-8-17(14,15)16/h1-4,13H,5-9H2. The molecule has 0 atom stereocenters. The van der Waals surface area contributed by atoms with E-state index < -0.39 is 10.0 Å². The first-order valence-corrected chi connectivity index (χ1v) is 7.92. The minimum Gasteiger partial charge on any atom is -0.314 e. The van der Waals surface area contributed by atoms with Crippen molar-refractivity contribution in [3.63, 3.8) is 0 Å². The molecule has 4 nitrogen and oxygen atoms in total. The Morgan fingerprint density at radius 3 is 2.82 bits per heavy atom. The lowest BCUT2D eigenvalue weighted by molar-refractivity contribution is 0.414.